The van der Waals surface area contributed by atoms with E-state index in [9.17, 15) is 4.79 Å². The molecule has 1 aliphatic rings. The maximum atomic E-state index is 13.2. The monoisotopic (exact) mass is 473 g/mol. The molecule has 0 radical (unpaired) electrons. The van der Waals surface area contributed by atoms with Crippen molar-refractivity contribution >= 4 is 17.3 Å². The fourth-order valence-electron chi connectivity index (χ4n) is 4.57. The summed E-state index contributed by atoms with van der Waals surface area (Å²) in [6.45, 7) is 6.31. The lowest BCUT2D eigenvalue weighted by molar-refractivity contribution is 0.0950. The zero-order chi connectivity index (χ0) is 24.8. The predicted octanol–water partition coefficient (Wildman–Crippen LogP) is 5.08. The van der Waals surface area contributed by atoms with Gasteiger partial charge in [0.1, 0.15) is 0 Å². The largest absolute Gasteiger partial charge is 0.490 e. The van der Waals surface area contributed by atoms with Crippen LogP contribution in [0.25, 0.3) is 0 Å². The average molecular weight is 474 g/mol. The van der Waals surface area contributed by atoms with Crippen LogP contribution in [0, 0.1) is 0 Å². The summed E-state index contributed by atoms with van der Waals surface area (Å²) >= 11 is 0. The molecule has 1 N–H and O–H groups in total. The maximum absolute atomic E-state index is 13.2. The van der Waals surface area contributed by atoms with Crippen molar-refractivity contribution in [2.75, 3.05) is 50.2 Å². The summed E-state index contributed by atoms with van der Waals surface area (Å²) < 4.78 is 11.3. The van der Waals surface area contributed by atoms with Gasteiger partial charge in [0.2, 0.25) is 0 Å². The predicted molar refractivity (Wildman–Crippen MR) is 142 cm³/mol. The fourth-order valence-corrected chi connectivity index (χ4v) is 4.57. The van der Waals surface area contributed by atoms with E-state index in [2.05, 4.69) is 63.6 Å². The topological polar surface area (TPSA) is 54.0 Å². The molecule has 3 aromatic rings. The molecule has 1 atom stereocenters. The molecule has 1 aliphatic heterocycles. The van der Waals surface area contributed by atoms with Gasteiger partial charge in [0, 0.05) is 44.1 Å². The average Bonchev–Trinajstić information content (AvgIpc) is 3.30. The van der Waals surface area contributed by atoms with E-state index in [1.54, 1.807) is 18.2 Å². The molecular weight excluding hydrogens is 438 g/mol. The number of carbonyl (C=O) groups is 1. The molecule has 1 amide bonds. The molecule has 0 aromatic heterocycles. The molecule has 4 rings (SSSR count). The van der Waals surface area contributed by atoms with E-state index in [1.165, 1.54) is 16.8 Å². The molecule has 6 heteroatoms. The van der Waals surface area contributed by atoms with Crippen LogP contribution in [-0.4, -0.2) is 46.3 Å². The standard InChI is InChI=1S/C29H35N3O3/c1-5-34-27-16-13-23(19-28(27)35-6-2)29(33)30-20-26(22-11-14-24(15-12-22)31(3)4)32-18-17-21-9-7-8-10-25(21)32/h7-16,19,26H,5-6,17-18,20H2,1-4H3,(H,30,33). The van der Waals surface area contributed by atoms with Crippen LogP contribution in [0.2, 0.25) is 0 Å². The molecule has 0 aliphatic carbocycles. The van der Waals surface area contributed by atoms with Crippen molar-refractivity contribution in [2.24, 2.45) is 0 Å². The lowest BCUT2D eigenvalue weighted by Gasteiger charge is -2.31. The third kappa shape index (κ3) is 5.53. The highest BCUT2D eigenvalue weighted by Gasteiger charge is 2.27. The number of anilines is 2. The van der Waals surface area contributed by atoms with Crippen LogP contribution >= 0.6 is 0 Å². The number of ether oxygens (including phenoxy) is 2. The summed E-state index contributed by atoms with van der Waals surface area (Å²) in [5, 5.41) is 3.18. The molecule has 0 fully saturated rings. The van der Waals surface area contributed by atoms with Crippen molar-refractivity contribution in [3.63, 3.8) is 0 Å². The number of rotatable bonds is 10. The Balaban J connectivity index is 1.57. The highest BCUT2D eigenvalue weighted by Crippen LogP contribution is 2.35. The number of hydrogen-bond acceptors (Lipinski definition) is 5. The molecule has 0 bridgehead atoms. The minimum absolute atomic E-state index is 0.0212. The van der Waals surface area contributed by atoms with E-state index in [1.807, 2.05) is 27.9 Å². The van der Waals surface area contributed by atoms with Crippen LogP contribution in [0.1, 0.15) is 41.4 Å². The molecule has 0 saturated heterocycles. The minimum Gasteiger partial charge on any atom is -0.490 e. The van der Waals surface area contributed by atoms with Gasteiger partial charge in [-0.3, -0.25) is 4.79 Å². The fraction of sp³-hybridized carbons (Fsp3) is 0.345. The number of benzene rings is 3. The molecule has 0 spiro atoms. The summed E-state index contributed by atoms with van der Waals surface area (Å²) in [5.41, 5.74) is 5.47. The molecular formula is C29H35N3O3. The first kappa shape index (κ1) is 24.5. The third-order valence-corrected chi connectivity index (χ3v) is 6.36. The second-order valence-corrected chi connectivity index (χ2v) is 8.81. The first-order valence-electron chi connectivity index (χ1n) is 12.3. The van der Waals surface area contributed by atoms with Crippen molar-refractivity contribution in [1.82, 2.24) is 5.32 Å². The molecule has 35 heavy (non-hydrogen) atoms. The Labute approximate surface area is 208 Å². The minimum atomic E-state index is -0.128. The molecule has 3 aromatic carbocycles. The van der Waals surface area contributed by atoms with Gasteiger partial charge < -0.3 is 24.6 Å². The number of nitrogens with one attached hydrogen (secondary N) is 1. The van der Waals surface area contributed by atoms with Crippen molar-refractivity contribution in [3.05, 3.63) is 83.4 Å². The van der Waals surface area contributed by atoms with Crippen molar-refractivity contribution < 1.29 is 14.3 Å². The quantitative estimate of drug-likeness (QED) is 0.445. The van der Waals surface area contributed by atoms with Gasteiger partial charge >= 0.3 is 0 Å². The maximum Gasteiger partial charge on any atom is 0.251 e. The highest BCUT2D eigenvalue weighted by molar-refractivity contribution is 5.95. The Morgan fingerprint density at radius 1 is 0.971 bits per heavy atom. The lowest BCUT2D eigenvalue weighted by atomic mass is 10.0. The molecule has 6 nitrogen and oxygen atoms in total. The summed E-state index contributed by atoms with van der Waals surface area (Å²) in [6.07, 6.45) is 1.01. The Hall–Kier alpha value is -3.67. The number of carbonyl (C=O) groups excluding carboxylic acids is 1. The normalized spacial score (nSPS) is 13.2. The summed E-state index contributed by atoms with van der Waals surface area (Å²) in [4.78, 5) is 17.7. The van der Waals surface area contributed by atoms with E-state index in [4.69, 9.17) is 9.47 Å². The highest BCUT2D eigenvalue weighted by atomic mass is 16.5. The Bertz CT molecular complexity index is 1140. The zero-order valence-electron chi connectivity index (χ0n) is 21.1. The van der Waals surface area contributed by atoms with Gasteiger partial charge in [-0.05, 0) is 67.8 Å². The SMILES string of the molecule is CCOc1ccc(C(=O)NCC(c2ccc(N(C)C)cc2)N2CCc3ccccc32)cc1OCC. The van der Waals surface area contributed by atoms with Crippen LogP contribution in [0.4, 0.5) is 11.4 Å². The third-order valence-electron chi connectivity index (χ3n) is 6.36. The Morgan fingerprint density at radius 2 is 1.69 bits per heavy atom. The Kier molecular flexibility index (Phi) is 7.80. The van der Waals surface area contributed by atoms with E-state index < -0.39 is 0 Å². The number of nitrogens with zero attached hydrogens (tertiary/aromatic N) is 2. The van der Waals surface area contributed by atoms with Gasteiger partial charge in [0.15, 0.2) is 11.5 Å². The van der Waals surface area contributed by atoms with Crippen molar-refractivity contribution in [1.29, 1.82) is 0 Å². The molecule has 1 heterocycles. The van der Waals surface area contributed by atoms with Gasteiger partial charge in [-0.2, -0.15) is 0 Å². The second-order valence-electron chi connectivity index (χ2n) is 8.81. The molecule has 1 unspecified atom stereocenters. The summed E-state index contributed by atoms with van der Waals surface area (Å²) in [7, 11) is 4.08. The van der Waals surface area contributed by atoms with E-state index in [0.29, 0.717) is 36.8 Å². The van der Waals surface area contributed by atoms with Crippen molar-refractivity contribution in [2.45, 2.75) is 26.3 Å². The Morgan fingerprint density at radius 3 is 2.40 bits per heavy atom. The summed E-state index contributed by atoms with van der Waals surface area (Å²) in [6, 6.07) is 22.5. The van der Waals surface area contributed by atoms with Gasteiger partial charge in [-0.1, -0.05) is 30.3 Å². The number of amides is 1. The summed E-state index contributed by atoms with van der Waals surface area (Å²) in [5.74, 6) is 1.11. The number of hydrogen-bond donors (Lipinski definition) is 1. The zero-order valence-corrected chi connectivity index (χ0v) is 21.1. The smallest absolute Gasteiger partial charge is 0.251 e. The van der Waals surface area contributed by atoms with Crippen LogP contribution in [0.3, 0.4) is 0 Å². The van der Waals surface area contributed by atoms with Crippen LogP contribution in [0.15, 0.2) is 66.7 Å². The van der Waals surface area contributed by atoms with Crippen LogP contribution < -0.4 is 24.6 Å². The number of para-hydroxylation sites is 1. The molecule has 0 saturated carbocycles. The van der Waals surface area contributed by atoms with E-state index >= 15 is 0 Å². The number of fused-ring (bicyclic) bond motifs is 1. The van der Waals surface area contributed by atoms with Gasteiger partial charge in [0.25, 0.3) is 5.91 Å². The first-order chi connectivity index (χ1) is 17.0. The van der Waals surface area contributed by atoms with Gasteiger partial charge in [0.05, 0.1) is 19.3 Å². The first-order valence-corrected chi connectivity index (χ1v) is 12.3. The van der Waals surface area contributed by atoms with Crippen LogP contribution in [-0.2, 0) is 6.42 Å². The van der Waals surface area contributed by atoms with E-state index in [0.717, 1.165) is 18.7 Å². The lowest BCUT2D eigenvalue weighted by Crippen LogP contribution is -2.37. The van der Waals surface area contributed by atoms with Gasteiger partial charge in [-0.25, -0.2) is 0 Å². The van der Waals surface area contributed by atoms with Crippen molar-refractivity contribution in [3.8, 4) is 11.5 Å². The van der Waals surface area contributed by atoms with Crippen LogP contribution in [0.5, 0.6) is 11.5 Å². The second kappa shape index (κ2) is 11.2. The molecule has 184 valence electrons. The van der Waals surface area contributed by atoms with Gasteiger partial charge in [-0.15, -0.1) is 0 Å². The van der Waals surface area contributed by atoms with E-state index in [-0.39, 0.29) is 11.9 Å².